The maximum Gasteiger partial charge on any atom is 0.407 e. The number of carbonyl (C=O) groups is 3. The van der Waals surface area contributed by atoms with Crippen LogP contribution in [-0.4, -0.2) is 34.0 Å². The van der Waals surface area contributed by atoms with Crippen LogP contribution >= 0.6 is 11.9 Å². The summed E-state index contributed by atoms with van der Waals surface area (Å²) < 4.78 is 31.6. The van der Waals surface area contributed by atoms with Crippen LogP contribution in [0.15, 0.2) is 24.3 Å². The Balaban J connectivity index is 2.23. The number of ether oxygens (including phenoxy) is 1. The first-order chi connectivity index (χ1) is 9.38. The zero-order chi connectivity index (χ0) is 14.9. The Morgan fingerprint density at radius 2 is 1.75 bits per heavy atom. The van der Waals surface area contributed by atoms with Gasteiger partial charge in [0, 0.05) is 11.9 Å². The Labute approximate surface area is 117 Å². The first-order valence-corrected chi connectivity index (χ1v) is 6.37. The van der Waals surface area contributed by atoms with Crippen LogP contribution < -0.4 is 0 Å². The number of hydrogen-bond acceptors (Lipinski definition) is 5. The second-order valence-corrected chi connectivity index (χ2v) is 4.84. The van der Waals surface area contributed by atoms with E-state index in [0.29, 0.717) is 0 Å². The minimum atomic E-state index is -4.01. The Morgan fingerprint density at radius 3 is 2.20 bits per heavy atom. The Kier molecular flexibility index (Phi) is 3.76. The number of fused-ring (bicyclic) bond motifs is 1. The number of benzene rings is 1. The van der Waals surface area contributed by atoms with E-state index < -0.39 is 35.0 Å². The molecular formula is C12H9F2NO4S. The predicted octanol–water partition coefficient (Wildman–Crippen LogP) is 2.09. The van der Waals surface area contributed by atoms with Gasteiger partial charge >= 0.3 is 11.2 Å². The Bertz CT molecular complexity index is 556. The number of halogens is 2. The number of rotatable bonds is 4. The number of nitrogens with zero attached hydrogens (tertiary/aromatic N) is 1. The van der Waals surface area contributed by atoms with Gasteiger partial charge in [-0.05, 0) is 19.1 Å². The molecule has 1 aliphatic rings. The largest absolute Gasteiger partial charge is 0.461 e. The van der Waals surface area contributed by atoms with Gasteiger partial charge in [-0.2, -0.15) is 8.78 Å². The molecule has 0 saturated heterocycles. The molecule has 0 N–H and O–H groups in total. The van der Waals surface area contributed by atoms with Crippen molar-refractivity contribution in [3.63, 3.8) is 0 Å². The first kappa shape index (κ1) is 14.4. The lowest BCUT2D eigenvalue weighted by Crippen LogP contribution is -2.35. The molecule has 5 nitrogen and oxygen atoms in total. The van der Waals surface area contributed by atoms with Crippen molar-refractivity contribution in [2.45, 2.75) is 12.2 Å². The summed E-state index contributed by atoms with van der Waals surface area (Å²) in [5, 5.41) is -4.01. The van der Waals surface area contributed by atoms with Gasteiger partial charge in [0.1, 0.15) is 0 Å². The number of imide groups is 1. The Morgan fingerprint density at radius 1 is 1.25 bits per heavy atom. The van der Waals surface area contributed by atoms with Crippen LogP contribution in [0.25, 0.3) is 0 Å². The summed E-state index contributed by atoms with van der Waals surface area (Å²) >= 11 is -0.443. The van der Waals surface area contributed by atoms with Crippen molar-refractivity contribution < 1.29 is 27.9 Å². The molecule has 8 heteroatoms. The van der Waals surface area contributed by atoms with Crippen molar-refractivity contribution in [1.82, 2.24) is 4.31 Å². The van der Waals surface area contributed by atoms with Gasteiger partial charge in [0.25, 0.3) is 11.8 Å². The summed E-state index contributed by atoms with van der Waals surface area (Å²) in [5.41, 5.74) is 0.0642. The SMILES string of the molecule is CCOC(=O)C(F)(F)SN1C(=O)c2ccccc2C1=O. The van der Waals surface area contributed by atoms with Crippen LogP contribution in [-0.2, 0) is 9.53 Å². The van der Waals surface area contributed by atoms with Crippen molar-refractivity contribution >= 4 is 29.7 Å². The minimum Gasteiger partial charge on any atom is -0.461 e. The minimum absolute atomic E-state index is 0.0321. The lowest BCUT2D eigenvalue weighted by Gasteiger charge is -2.18. The fraction of sp³-hybridized carbons (Fsp3) is 0.250. The Hall–Kier alpha value is -1.96. The van der Waals surface area contributed by atoms with Crippen LogP contribution in [0.1, 0.15) is 27.6 Å². The van der Waals surface area contributed by atoms with E-state index in [1.54, 1.807) is 0 Å². The predicted molar refractivity (Wildman–Crippen MR) is 66.1 cm³/mol. The normalized spacial score (nSPS) is 14.4. The quantitative estimate of drug-likeness (QED) is 0.484. The zero-order valence-corrected chi connectivity index (χ0v) is 11.1. The highest BCUT2D eigenvalue weighted by molar-refractivity contribution is 7.99. The van der Waals surface area contributed by atoms with Gasteiger partial charge in [-0.3, -0.25) is 9.59 Å². The number of esters is 1. The average molecular weight is 301 g/mol. The molecule has 0 unspecified atom stereocenters. The molecule has 0 bridgehead atoms. The molecule has 2 rings (SSSR count). The summed E-state index contributed by atoms with van der Waals surface area (Å²) in [4.78, 5) is 34.8. The molecule has 0 aromatic heterocycles. The molecule has 1 aromatic carbocycles. The molecular weight excluding hydrogens is 292 g/mol. The maximum absolute atomic E-state index is 13.6. The van der Waals surface area contributed by atoms with Crippen molar-refractivity contribution in [1.29, 1.82) is 0 Å². The smallest absolute Gasteiger partial charge is 0.407 e. The van der Waals surface area contributed by atoms with Crippen LogP contribution in [0.4, 0.5) is 8.78 Å². The zero-order valence-electron chi connectivity index (χ0n) is 10.3. The lowest BCUT2D eigenvalue weighted by molar-refractivity contribution is -0.159. The van der Waals surface area contributed by atoms with E-state index in [9.17, 15) is 23.2 Å². The highest BCUT2D eigenvalue weighted by atomic mass is 32.2. The van der Waals surface area contributed by atoms with Gasteiger partial charge in [-0.1, -0.05) is 12.1 Å². The summed E-state index contributed by atoms with van der Waals surface area (Å²) in [6.45, 7) is 1.15. The van der Waals surface area contributed by atoms with Crippen LogP contribution in [0.2, 0.25) is 0 Å². The van der Waals surface area contributed by atoms with Gasteiger partial charge < -0.3 is 4.74 Å². The van der Waals surface area contributed by atoms with Crippen LogP contribution in [0.5, 0.6) is 0 Å². The molecule has 20 heavy (non-hydrogen) atoms. The summed E-state index contributed by atoms with van der Waals surface area (Å²) in [6.07, 6.45) is 0. The molecule has 0 atom stereocenters. The number of alkyl halides is 2. The van der Waals surface area contributed by atoms with Gasteiger partial charge in [-0.15, -0.1) is 0 Å². The van der Waals surface area contributed by atoms with E-state index in [0.717, 1.165) is 0 Å². The van der Waals surface area contributed by atoms with E-state index in [1.807, 2.05) is 0 Å². The molecule has 1 heterocycles. The lowest BCUT2D eigenvalue weighted by atomic mass is 10.1. The monoisotopic (exact) mass is 301 g/mol. The molecule has 0 spiro atoms. The fourth-order valence-electron chi connectivity index (χ4n) is 1.62. The van der Waals surface area contributed by atoms with Gasteiger partial charge in [0.15, 0.2) is 0 Å². The topological polar surface area (TPSA) is 63.7 Å². The second kappa shape index (κ2) is 5.20. The number of carbonyl (C=O) groups excluding carboxylic acids is 3. The molecule has 2 amide bonds. The summed E-state index contributed by atoms with van der Waals surface area (Å²) in [5.74, 6) is -3.54. The average Bonchev–Trinajstić information content (AvgIpc) is 2.65. The molecule has 0 aliphatic carbocycles. The van der Waals surface area contributed by atoms with Crippen LogP contribution in [0, 0.1) is 0 Å². The third-order valence-electron chi connectivity index (χ3n) is 2.48. The summed E-state index contributed by atoms with van der Waals surface area (Å²) in [6, 6.07) is 5.75. The first-order valence-electron chi connectivity index (χ1n) is 5.60. The molecule has 1 aliphatic heterocycles. The van der Waals surface area contributed by atoms with Gasteiger partial charge in [0.05, 0.1) is 17.7 Å². The molecule has 0 saturated carbocycles. The fourth-order valence-corrected chi connectivity index (χ4v) is 2.34. The van der Waals surface area contributed by atoms with Crippen molar-refractivity contribution in [2.24, 2.45) is 0 Å². The van der Waals surface area contributed by atoms with E-state index in [1.165, 1.54) is 31.2 Å². The third-order valence-corrected chi connectivity index (χ3v) is 3.39. The number of hydrogen-bond donors (Lipinski definition) is 0. The van der Waals surface area contributed by atoms with Crippen molar-refractivity contribution in [3.8, 4) is 0 Å². The molecule has 106 valence electrons. The molecule has 0 fully saturated rings. The third kappa shape index (κ3) is 2.38. The van der Waals surface area contributed by atoms with E-state index in [4.69, 9.17) is 0 Å². The molecule has 0 radical (unpaired) electrons. The second-order valence-electron chi connectivity index (χ2n) is 3.78. The van der Waals surface area contributed by atoms with Gasteiger partial charge in [-0.25, -0.2) is 9.10 Å². The molecule has 1 aromatic rings. The highest BCUT2D eigenvalue weighted by Crippen LogP contribution is 2.38. The summed E-state index contributed by atoms with van der Waals surface area (Å²) in [7, 11) is 0. The number of amides is 2. The maximum atomic E-state index is 13.6. The van der Waals surface area contributed by atoms with Crippen molar-refractivity contribution in [2.75, 3.05) is 6.61 Å². The van der Waals surface area contributed by atoms with E-state index >= 15 is 0 Å². The van der Waals surface area contributed by atoms with Crippen molar-refractivity contribution in [3.05, 3.63) is 35.4 Å². The van der Waals surface area contributed by atoms with Crippen LogP contribution in [0.3, 0.4) is 0 Å². The standard InChI is InChI=1S/C12H9F2NO4S/c1-2-19-11(18)12(13,14)20-15-9(16)7-5-3-4-6-8(7)10(15)17/h3-6H,2H2,1H3. The highest BCUT2D eigenvalue weighted by Gasteiger charge is 2.49. The van der Waals surface area contributed by atoms with E-state index in [2.05, 4.69) is 4.74 Å². The van der Waals surface area contributed by atoms with Gasteiger partial charge in [0.2, 0.25) is 0 Å². The van der Waals surface area contributed by atoms with E-state index in [-0.39, 0.29) is 22.0 Å².